The fourth-order valence-corrected chi connectivity index (χ4v) is 3.53. The van der Waals surface area contributed by atoms with E-state index in [0.717, 1.165) is 11.1 Å². The van der Waals surface area contributed by atoms with Gasteiger partial charge in [0.1, 0.15) is 11.6 Å². The van der Waals surface area contributed by atoms with Crippen LogP contribution in [0.2, 0.25) is 0 Å². The third-order valence-electron chi connectivity index (χ3n) is 3.86. The first-order valence-electron chi connectivity index (χ1n) is 8.36. The van der Waals surface area contributed by atoms with Crippen molar-refractivity contribution >= 4 is 21.7 Å². The van der Waals surface area contributed by atoms with Crippen LogP contribution in [-0.4, -0.2) is 19.9 Å². The van der Waals surface area contributed by atoms with Crippen LogP contribution in [0.1, 0.15) is 12.5 Å². The van der Waals surface area contributed by atoms with E-state index in [0.29, 0.717) is 17.9 Å². The maximum absolute atomic E-state index is 12.6. The number of nitrogens with zero attached hydrogens (tertiary/aromatic N) is 2. The summed E-state index contributed by atoms with van der Waals surface area (Å²) in [5.74, 6) is 0.860. The minimum atomic E-state index is -3.74. The van der Waals surface area contributed by atoms with Crippen LogP contribution in [0.3, 0.4) is 0 Å². The normalized spacial score (nSPS) is 10.8. The molecule has 0 atom stereocenters. The highest BCUT2D eigenvalue weighted by molar-refractivity contribution is 7.92. The van der Waals surface area contributed by atoms with Gasteiger partial charge >= 0.3 is 0 Å². The molecule has 27 heavy (non-hydrogen) atoms. The number of nitriles is 1. The number of hydrogen-bond donors (Lipinski definition) is 2. The molecule has 3 aromatic rings. The van der Waals surface area contributed by atoms with Crippen molar-refractivity contribution in [3.05, 3.63) is 72.3 Å². The molecule has 136 valence electrons. The smallest absolute Gasteiger partial charge is 0.263 e. The SMILES string of the molecule is CCNc1cccc(NS(=O)(=O)c2ccc(-c3ccc(C#N)cc3)cc2)n1. The van der Waals surface area contributed by atoms with Crippen molar-refractivity contribution in [2.24, 2.45) is 0 Å². The molecule has 0 fully saturated rings. The number of sulfonamides is 1. The lowest BCUT2D eigenvalue weighted by Crippen LogP contribution is -2.14. The molecule has 0 saturated carbocycles. The first-order valence-corrected chi connectivity index (χ1v) is 9.84. The van der Waals surface area contributed by atoms with Gasteiger partial charge in [0.15, 0.2) is 0 Å². The van der Waals surface area contributed by atoms with Crippen molar-refractivity contribution in [1.29, 1.82) is 5.26 Å². The topological polar surface area (TPSA) is 94.9 Å². The Bertz CT molecular complexity index is 1070. The first kappa shape index (κ1) is 18.4. The molecule has 0 aliphatic heterocycles. The number of anilines is 2. The van der Waals surface area contributed by atoms with Crippen molar-refractivity contribution in [3.63, 3.8) is 0 Å². The minimum absolute atomic E-state index is 0.149. The van der Waals surface area contributed by atoms with E-state index in [-0.39, 0.29) is 10.7 Å². The minimum Gasteiger partial charge on any atom is -0.370 e. The number of rotatable bonds is 6. The molecule has 2 aromatic carbocycles. The van der Waals surface area contributed by atoms with Gasteiger partial charge in [0.05, 0.1) is 16.5 Å². The molecule has 1 heterocycles. The number of nitrogens with one attached hydrogen (secondary N) is 2. The summed E-state index contributed by atoms with van der Waals surface area (Å²) in [5.41, 5.74) is 2.35. The van der Waals surface area contributed by atoms with E-state index in [4.69, 9.17) is 5.26 Å². The van der Waals surface area contributed by atoms with Crippen molar-refractivity contribution < 1.29 is 8.42 Å². The van der Waals surface area contributed by atoms with Crippen molar-refractivity contribution in [2.75, 3.05) is 16.6 Å². The van der Waals surface area contributed by atoms with E-state index >= 15 is 0 Å². The summed E-state index contributed by atoms with van der Waals surface area (Å²) in [6, 6.07) is 20.9. The highest BCUT2D eigenvalue weighted by atomic mass is 32.2. The maximum Gasteiger partial charge on any atom is 0.263 e. The Hall–Kier alpha value is -3.37. The second kappa shape index (κ2) is 7.89. The standard InChI is InChI=1S/C20H18N4O2S/c1-2-22-19-4-3-5-20(23-19)24-27(25,26)18-12-10-17(11-13-18)16-8-6-15(14-21)7-9-16/h3-13H,2H2,1H3,(H2,22,23,24). The zero-order valence-corrected chi connectivity index (χ0v) is 15.5. The van der Waals surface area contributed by atoms with Crippen LogP contribution in [0.15, 0.2) is 71.6 Å². The van der Waals surface area contributed by atoms with E-state index in [2.05, 4.69) is 21.1 Å². The van der Waals surface area contributed by atoms with E-state index in [1.54, 1.807) is 54.6 Å². The highest BCUT2D eigenvalue weighted by Crippen LogP contribution is 2.23. The molecule has 7 heteroatoms. The zero-order valence-electron chi connectivity index (χ0n) is 14.7. The first-order chi connectivity index (χ1) is 13.0. The largest absolute Gasteiger partial charge is 0.370 e. The number of hydrogen-bond acceptors (Lipinski definition) is 5. The van der Waals surface area contributed by atoms with E-state index in [1.807, 2.05) is 19.1 Å². The fourth-order valence-electron chi connectivity index (χ4n) is 2.53. The fraction of sp³-hybridized carbons (Fsp3) is 0.100. The molecular weight excluding hydrogens is 360 g/mol. The molecule has 6 nitrogen and oxygen atoms in total. The molecular formula is C20H18N4O2S. The molecule has 0 aliphatic carbocycles. The second-order valence-electron chi connectivity index (χ2n) is 5.76. The molecule has 1 aromatic heterocycles. The third kappa shape index (κ3) is 4.43. The van der Waals surface area contributed by atoms with Crippen molar-refractivity contribution in [3.8, 4) is 17.2 Å². The van der Waals surface area contributed by atoms with E-state index in [9.17, 15) is 8.42 Å². The molecule has 0 radical (unpaired) electrons. The van der Waals surface area contributed by atoms with E-state index < -0.39 is 10.0 Å². The number of pyridine rings is 1. The summed E-state index contributed by atoms with van der Waals surface area (Å²) >= 11 is 0. The van der Waals surface area contributed by atoms with Gasteiger partial charge in [-0.2, -0.15) is 5.26 Å². The molecule has 2 N–H and O–H groups in total. The van der Waals surface area contributed by atoms with Gasteiger partial charge in [-0.3, -0.25) is 4.72 Å². The summed E-state index contributed by atoms with van der Waals surface area (Å²) in [6.07, 6.45) is 0. The molecule has 0 spiro atoms. The third-order valence-corrected chi connectivity index (χ3v) is 5.23. The summed E-state index contributed by atoms with van der Waals surface area (Å²) in [6.45, 7) is 2.63. The Morgan fingerprint density at radius 1 is 0.926 bits per heavy atom. The molecule has 0 bridgehead atoms. The Morgan fingerprint density at radius 2 is 1.52 bits per heavy atom. The Morgan fingerprint density at radius 3 is 2.11 bits per heavy atom. The molecule has 0 aliphatic rings. The van der Waals surface area contributed by atoms with Gasteiger partial charge in [0, 0.05) is 6.54 Å². The number of benzene rings is 2. The predicted octanol–water partition coefficient (Wildman–Crippen LogP) is 3.85. The molecule has 3 rings (SSSR count). The van der Waals surface area contributed by atoms with Crippen LogP contribution in [0, 0.1) is 11.3 Å². The molecule has 0 unspecified atom stereocenters. The van der Waals surface area contributed by atoms with Crippen LogP contribution in [0.4, 0.5) is 11.6 Å². The summed E-state index contributed by atoms with van der Waals surface area (Å²) in [4.78, 5) is 4.38. The van der Waals surface area contributed by atoms with Crippen molar-refractivity contribution in [1.82, 2.24) is 4.98 Å². The summed E-state index contributed by atoms with van der Waals surface area (Å²) in [7, 11) is -3.74. The highest BCUT2D eigenvalue weighted by Gasteiger charge is 2.15. The second-order valence-corrected chi connectivity index (χ2v) is 7.44. The summed E-state index contributed by atoms with van der Waals surface area (Å²) < 4.78 is 27.7. The molecule has 0 amide bonds. The lowest BCUT2D eigenvalue weighted by molar-refractivity contribution is 0.601. The van der Waals surface area contributed by atoms with Crippen LogP contribution in [0.25, 0.3) is 11.1 Å². The van der Waals surface area contributed by atoms with Gasteiger partial charge in [-0.25, -0.2) is 13.4 Å². The monoisotopic (exact) mass is 378 g/mol. The van der Waals surface area contributed by atoms with Gasteiger partial charge in [-0.15, -0.1) is 0 Å². The van der Waals surface area contributed by atoms with Gasteiger partial charge in [0.2, 0.25) is 0 Å². The summed E-state index contributed by atoms with van der Waals surface area (Å²) in [5, 5.41) is 11.9. The quantitative estimate of drug-likeness (QED) is 0.679. The molecule has 0 saturated heterocycles. The number of aromatic nitrogens is 1. The zero-order chi connectivity index (χ0) is 19.3. The average molecular weight is 378 g/mol. The van der Waals surface area contributed by atoms with Crippen LogP contribution in [0.5, 0.6) is 0 Å². The van der Waals surface area contributed by atoms with Gasteiger partial charge < -0.3 is 5.32 Å². The van der Waals surface area contributed by atoms with E-state index in [1.165, 1.54) is 0 Å². The van der Waals surface area contributed by atoms with Crippen LogP contribution in [-0.2, 0) is 10.0 Å². The van der Waals surface area contributed by atoms with Gasteiger partial charge in [-0.05, 0) is 54.4 Å². The predicted molar refractivity (Wildman–Crippen MR) is 106 cm³/mol. The Labute approximate surface area is 158 Å². The van der Waals surface area contributed by atoms with Crippen LogP contribution < -0.4 is 10.0 Å². The average Bonchev–Trinajstić information content (AvgIpc) is 2.68. The van der Waals surface area contributed by atoms with Gasteiger partial charge in [-0.1, -0.05) is 30.3 Å². The van der Waals surface area contributed by atoms with Gasteiger partial charge in [0.25, 0.3) is 10.0 Å². The van der Waals surface area contributed by atoms with Crippen molar-refractivity contribution in [2.45, 2.75) is 11.8 Å². The Kier molecular flexibility index (Phi) is 5.38. The lowest BCUT2D eigenvalue weighted by Gasteiger charge is -2.10. The lowest BCUT2D eigenvalue weighted by atomic mass is 10.0. The van der Waals surface area contributed by atoms with Crippen LogP contribution >= 0.6 is 0 Å². The maximum atomic E-state index is 12.6. The Balaban J connectivity index is 1.80.